The second-order valence-corrected chi connectivity index (χ2v) is 6.66. The first-order chi connectivity index (χ1) is 11.5. The SMILES string of the molecule is Cc1ccccc1CCC(=O)N1CC(C)(O)COc2ccccc21. The van der Waals surface area contributed by atoms with Gasteiger partial charge in [-0.15, -0.1) is 0 Å². The van der Waals surface area contributed by atoms with Crippen LogP contribution in [0.4, 0.5) is 5.69 Å². The molecule has 0 bridgehead atoms. The van der Waals surface area contributed by atoms with Gasteiger partial charge in [-0.25, -0.2) is 0 Å². The molecule has 0 fully saturated rings. The molecule has 1 amide bonds. The van der Waals surface area contributed by atoms with Crippen molar-refractivity contribution in [3.05, 3.63) is 59.7 Å². The maximum Gasteiger partial charge on any atom is 0.227 e. The molecule has 1 aliphatic rings. The molecular weight excluding hydrogens is 302 g/mol. The third-order valence-electron chi connectivity index (χ3n) is 4.36. The second kappa shape index (κ2) is 6.65. The Bertz CT molecular complexity index is 739. The lowest BCUT2D eigenvalue weighted by molar-refractivity contribution is -0.119. The van der Waals surface area contributed by atoms with E-state index in [1.807, 2.05) is 36.4 Å². The van der Waals surface area contributed by atoms with Gasteiger partial charge in [0, 0.05) is 6.42 Å². The molecule has 3 rings (SSSR count). The zero-order valence-electron chi connectivity index (χ0n) is 14.2. The molecule has 1 unspecified atom stereocenters. The number of amides is 1. The smallest absolute Gasteiger partial charge is 0.227 e. The van der Waals surface area contributed by atoms with Crippen LogP contribution in [0.3, 0.4) is 0 Å². The summed E-state index contributed by atoms with van der Waals surface area (Å²) in [5, 5.41) is 10.5. The van der Waals surface area contributed by atoms with Crippen molar-refractivity contribution in [2.75, 3.05) is 18.1 Å². The summed E-state index contributed by atoms with van der Waals surface area (Å²) < 4.78 is 5.68. The van der Waals surface area contributed by atoms with Gasteiger partial charge in [-0.3, -0.25) is 4.79 Å². The zero-order valence-corrected chi connectivity index (χ0v) is 14.2. The van der Waals surface area contributed by atoms with Crippen molar-refractivity contribution in [3.8, 4) is 5.75 Å². The first-order valence-electron chi connectivity index (χ1n) is 8.25. The van der Waals surface area contributed by atoms with E-state index in [1.165, 1.54) is 11.1 Å². The number of fused-ring (bicyclic) bond motifs is 1. The maximum absolute atomic E-state index is 12.8. The molecule has 1 aliphatic heterocycles. The Morgan fingerprint density at radius 2 is 1.92 bits per heavy atom. The number of rotatable bonds is 3. The van der Waals surface area contributed by atoms with Crippen LogP contribution in [0.5, 0.6) is 5.75 Å². The van der Waals surface area contributed by atoms with Crippen LogP contribution in [0.25, 0.3) is 0 Å². The van der Waals surface area contributed by atoms with Gasteiger partial charge < -0.3 is 14.7 Å². The highest BCUT2D eigenvalue weighted by atomic mass is 16.5. The number of hydrogen-bond acceptors (Lipinski definition) is 3. The highest BCUT2D eigenvalue weighted by molar-refractivity contribution is 5.95. The minimum atomic E-state index is -1.07. The van der Waals surface area contributed by atoms with Gasteiger partial charge in [0.25, 0.3) is 0 Å². The first-order valence-corrected chi connectivity index (χ1v) is 8.25. The van der Waals surface area contributed by atoms with E-state index in [1.54, 1.807) is 11.8 Å². The molecule has 0 saturated carbocycles. The minimum absolute atomic E-state index is 0.00326. The largest absolute Gasteiger partial charge is 0.488 e. The van der Waals surface area contributed by atoms with Crippen molar-refractivity contribution in [1.29, 1.82) is 0 Å². The maximum atomic E-state index is 12.8. The number of nitrogens with zero attached hydrogens (tertiary/aromatic N) is 1. The summed E-state index contributed by atoms with van der Waals surface area (Å²) in [6.45, 7) is 4.16. The van der Waals surface area contributed by atoms with E-state index in [0.29, 0.717) is 18.6 Å². The van der Waals surface area contributed by atoms with E-state index in [2.05, 4.69) is 19.1 Å². The Hall–Kier alpha value is -2.33. The second-order valence-electron chi connectivity index (χ2n) is 6.66. The van der Waals surface area contributed by atoms with E-state index in [9.17, 15) is 9.90 Å². The average molecular weight is 325 g/mol. The molecule has 1 heterocycles. The number of carbonyl (C=O) groups excluding carboxylic acids is 1. The Balaban J connectivity index is 1.80. The van der Waals surface area contributed by atoms with Crippen molar-refractivity contribution in [3.63, 3.8) is 0 Å². The first kappa shape index (κ1) is 16.5. The molecule has 1 atom stereocenters. The fraction of sp³-hybridized carbons (Fsp3) is 0.350. The van der Waals surface area contributed by atoms with Crippen LogP contribution in [-0.2, 0) is 11.2 Å². The number of carbonyl (C=O) groups is 1. The summed E-state index contributed by atoms with van der Waals surface area (Å²) >= 11 is 0. The standard InChI is InChI=1S/C20H23NO3/c1-15-7-3-4-8-16(15)11-12-19(22)21-13-20(2,23)14-24-18-10-6-5-9-17(18)21/h3-10,23H,11-14H2,1-2H3. The highest BCUT2D eigenvalue weighted by Crippen LogP contribution is 2.33. The topological polar surface area (TPSA) is 49.8 Å². The molecular formula is C20H23NO3. The van der Waals surface area contributed by atoms with E-state index < -0.39 is 5.60 Å². The van der Waals surface area contributed by atoms with Crippen LogP contribution in [0.15, 0.2) is 48.5 Å². The van der Waals surface area contributed by atoms with Gasteiger partial charge in [-0.2, -0.15) is 0 Å². The summed E-state index contributed by atoms with van der Waals surface area (Å²) in [6.07, 6.45) is 1.09. The molecule has 0 radical (unpaired) electrons. The lowest BCUT2D eigenvalue weighted by Crippen LogP contribution is -2.45. The van der Waals surface area contributed by atoms with Gasteiger partial charge >= 0.3 is 0 Å². The predicted octanol–water partition coefficient (Wildman–Crippen LogP) is 3.10. The monoisotopic (exact) mass is 325 g/mol. The van der Waals surface area contributed by atoms with Crippen molar-refractivity contribution in [2.45, 2.75) is 32.3 Å². The van der Waals surface area contributed by atoms with Crippen LogP contribution in [0.2, 0.25) is 0 Å². The van der Waals surface area contributed by atoms with Gasteiger partial charge in [0.2, 0.25) is 5.91 Å². The number of aliphatic hydroxyl groups is 1. The number of benzene rings is 2. The number of ether oxygens (including phenoxy) is 1. The van der Waals surface area contributed by atoms with Crippen molar-refractivity contribution >= 4 is 11.6 Å². The quantitative estimate of drug-likeness (QED) is 0.943. The van der Waals surface area contributed by atoms with Crippen LogP contribution in [0, 0.1) is 6.92 Å². The summed E-state index contributed by atoms with van der Waals surface area (Å²) in [5.74, 6) is 0.635. The number of anilines is 1. The van der Waals surface area contributed by atoms with E-state index in [0.717, 1.165) is 5.69 Å². The van der Waals surface area contributed by atoms with Gasteiger partial charge in [-0.05, 0) is 43.5 Å². The van der Waals surface area contributed by atoms with Gasteiger partial charge in [0.05, 0.1) is 12.2 Å². The Morgan fingerprint density at radius 3 is 2.71 bits per heavy atom. The lowest BCUT2D eigenvalue weighted by Gasteiger charge is -2.27. The summed E-state index contributed by atoms with van der Waals surface area (Å²) in [4.78, 5) is 14.5. The fourth-order valence-electron chi connectivity index (χ4n) is 3.00. The van der Waals surface area contributed by atoms with E-state index in [4.69, 9.17) is 4.74 Å². The predicted molar refractivity (Wildman–Crippen MR) is 94.4 cm³/mol. The molecule has 0 spiro atoms. The molecule has 126 valence electrons. The normalized spacial score (nSPS) is 20.0. The Morgan fingerprint density at radius 1 is 1.21 bits per heavy atom. The number of hydrogen-bond donors (Lipinski definition) is 1. The fourth-order valence-corrected chi connectivity index (χ4v) is 3.00. The van der Waals surface area contributed by atoms with Crippen LogP contribution in [0.1, 0.15) is 24.5 Å². The van der Waals surface area contributed by atoms with Crippen molar-refractivity contribution in [2.24, 2.45) is 0 Å². The average Bonchev–Trinajstić information content (AvgIpc) is 2.71. The number of β-amino-alcohol motifs (C(OH)–C–C–N with tert-alkyl or cyclic N) is 1. The Labute approximate surface area is 142 Å². The Kier molecular flexibility index (Phi) is 4.58. The molecule has 0 saturated heterocycles. The molecule has 2 aromatic carbocycles. The lowest BCUT2D eigenvalue weighted by atomic mass is 10.0. The van der Waals surface area contributed by atoms with Gasteiger partial charge in [0.15, 0.2) is 0 Å². The molecule has 1 N–H and O–H groups in total. The number of aryl methyl sites for hydroxylation is 2. The van der Waals surface area contributed by atoms with Crippen LogP contribution < -0.4 is 9.64 Å². The van der Waals surface area contributed by atoms with Gasteiger partial charge in [0.1, 0.15) is 18.0 Å². The minimum Gasteiger partial charge on any atom is -0.488 e. The van der Waals surface area contributed by atoms with Crippen LogP contribution >= 0.6 is 0 Å². The third kappa shape index (κ3) is 3.60. The zero-order chi connectivity index (χ0) is 17.2. The van der Waals surface area contributed by atoms with Crippen LogP contribution in [-0.4, -0.2) is 29.8 Å². The summed E-state index contributed by atoms with van der Waals surface area (Å²) in [6, 6.07) is 15.5. The van der Waals surface area contributed by atoms with E-state index in [-0.39, 0.29) is 19.1 Å². The molecule has 24 heavy (non-hydrogen) atoms. The summed E-state index contributed by atoms with van der Waals surface area (Å²) in [7, 11) is 0. The summed E-state index contributed by atoms with van der Waals surface area (Å²) in [5.41, 5.74) is 2.02. The third-order valence-corrected chi connectivity index (χ3v) is 4.36. The van der Waals surface area contributed by atoms with Gasteiger partial charge in [-0.1, -0.05) is 36.4 Å². The molecule has 4 heteroatoms. The highest BCUT2D eigenvalue weighted by Gasteiger charge is 2.33. The number of para-hydroxylation sites is 2. The van der Waals surface area contributed by atoms with Crippen molar-refractivity contribution in [1.82, 2.24) is 0 Å². The molecule has 0 aliphatic carbocycles. The molecule has 0 aromatic heterocycles. The van der Waals surface area contributed by atoms with E-state index >= 15 is 0 Å². The molecule has 2 aromatic rings. The molecule has 4 nitrogen and oxygen atoms in total. The van der Waals surface area contributed by atoms with Crippen molar-refractivity contribution < 1.29 is 14.6 Å².